The first-order chi connectivity index (χ1) is 11.6. The van der Waals surface area contributed by atoms with Gasteiger partial charge in [-0.15, -0.1) is 0 Å². The first-order valence-corrected chi connectivity index (χ1v) is 7.48. The van der Waals surface area contributed by atoms with Crippen LogP contribution in [0.1, 0.15) is 12.0 Å². The molecule has 3 rings (SSSR count). The Morgan fingerprint density at radius 1 is 1.21 bits per heavy atom. The number of rotatable bonds is 5. The van der Waals surface area contributed by atoms with Gasteiger partial charge in [-0.05, 0) is 18.1 Å². The van der Waals surface area contributed by atoms with E-state index < -0.39 is 0 Å². The van der Waals surface area contributed by atoms with Gasteiger partial charge in [-0.2, -0.15) is 0 Å². The van der Waals surface area contributed by atoms with Crippen molar-refractivity contribution in [2.75, 3.05) is 7.11 Å². The molecule has 0 aliphatic heterocycles. The summed E-state index contributed by atoms with van der Waals surface area (Å²) in [5.41, 5.74) is 8.51. The third-order valence-electron chi connectivity index (χ3n) is 3.82. The number of hydrogen-bond acceptors (Lipinski definition) is 5. The molecule has 1 amide bonds. The molecular formula is C18H17N3O3. The molecular weight excluding hydrogens is 306 g/mol. The number of aromatic nitrogens is 2. The van der Waals surface area contributed by atoms with Crippen LogP contribution in [-0.2, 0) is 11.2 Å². The maximum atomic E-state index is 10.9. The van der Waals surface area contributed by atoms with Gasteiger partial charge < -0.3 is 15.6 Å². The highest BCUT2D eigenvalue weighted by atomic mass is 16.5. The summed E-state index contributed by atoms with van der Waals surface area (Å²) in [6.45, 7) is 0. The van der Waals surface area contributed by atoms with E-state index in [1.807, 2.05) is 24.3 Å². The van der Waals surface area contributed by atoms with E-state index in [2.05, 4.69) is 9.97 Å². The largest absolute Gasteiger partial charge is 0.504 e. The zero-order valence-corrected chi connectivity index (χ0v) is 13.2. The van der Waals surface area contributed by atoms with Crippen molar-refractivity contribution in [3.05, 3.63) is 48.3 Å². The van der Waals surface area contributed by atoms with E-state index in [1.165, 1.54) is 13.4 Å². The number of benzene rings is 2. The lowest BCUT2D eigenvalue weighted by atomic mass is 10.0. The maximum Gasteiger partial charge on any atom is 0.217 e. The van der Waals surface area contributed by atoms with Crippen molar-refractivity contribution >= 4 is 16.8 Å². The van der Waals surface area contributed by atoms with E-state index in [9.17, 15) is 9.90 Å². The van der Waals surface area contributed by atoms with Gasteiger partial charge in [-0.3, -0.25) is 4.79 Å². The second-order valence-electron chi connectivity index (χ2n) is 5.43. The summed E-state index contributed by atoms with van der Waals surface area (Å²) in [5.74, 6) is 0.0980. The van der Waals surface area contributed by atoms with Gasteiger partial charge in [0.2, 0.25) is 5.91 Å². The van der Waals surface area contributed by atoms with Gasteiger partial charge >= 0.3 is 0 Å². The van der Waals surface area contributed by atoms with Crippen LogP contribution >= 0.6 is 0 Å². The summed E-state index contributed by atoms with van der Waals surface area (Å²) in [6, 6.07) is 11.1. The van der Waals surface area contributed by atoms with Crippen LogP contribution in [-0.4, -0.2) is 28.1 Å². The number of aryl methyl sites for hydroxylation is 1. The molecule has 0 spiro atoms. The highest BCUT2D eigenvalue weighted by Gasteiger charge is 2.11. The quantitative estimate of drug-likeness (QED) is 0.751. The molecule has 0 saturated carbocycles. The molecule has 0 fully saturated rings. The van der Waals surface area contributed by atoms with Crippen LogP contribution in [0.25, 0.3) is 22.2 Å². The number of fused-ring (bicyclic) bond motifs is 1. The van der Waals surface area contributed by atoms with Crippen molar-refractivity contribution in [2.24, 2.45) is 5.73 Å². The number of nitrogens with two attached hydrogens (primary N) is 1. The van der Waals surface area contributed by atoms with E-state index in [-0.39, 0.29) is 11.7 Å². The number of methoxy groups -OCH3 is 1. The topological polar surface area (TPSA) is 98.3 Å². The lowest BCUT2D eigenvalue weighted by Crippen LogP contribution is -2.11. The average Bonchev–Trinajstić information content (AvgIpc) is 2.59. The molecule has 0 atom stereocenters. The number of phenols is 1. The fourth-order valence-corrected chi connectivity index (χ4v) is 2.56. The van der Waals surface area contributed by atoms with Gasteiger partial charge in [0.05, 0.1) is 18.3 Å². The number of ether oxygens (including phenoxy) is 1. The predicted octanol–water partition coefficient (Wildman–Crippen LogP) is 2.43. The first kappa shape index (κ1) is 15.7. The van der Waals surface area contributed by atoms with Crippen LogP contribution < -0.4 is 10.5 Å². The Kier molecular flexibility index (Phi) is 4.29. The van der Waals surface area contributed by atoms with Crippen molar-refractivity contribution in [1.29, 1.82) is 0 Å². The van der Waals surface area contributed by atoms with Gasteiger partial charge in [-0.25, -0.2) is 9.97 Å². The summed E-state index contributed by atoms with van der Waals surface area (Å²) in [6.07, 6.45) is 2.40. The summed E-state index contributed by atoms with van der Waals surface area (Å²) < 4.78 is 5.17. The molecule has 1 heterocycles. The highest BCUT2D eigenvalue weighted by molar-refractivity contribution is 5.94. The van der Waals surface area contributed by atoms with Crippen LogP contribution in [0.5, 0.6) is 11.5 Å². The number of aromatic hydroxyl groups is 1. The number of carbonyl (C=O) groups excluding carboxylic acids is 1. The Bertz CT molecular complexity index is 892. The molecule has 3 N–H and O–H groups in total. The molecule has 6 nitrogen and oxygen atoms in total. The Labute approximate surface area is 138 Å². The van der Waals surface area contributed by atoms with Gasteiger partial charge in [0.15, 0.2) is 11.5 Å². The fourth-order valence-electron chi connectivity index (χ4n) is 2.56. The summed E-state index contributed by atoms with van der Waals surface area (Å²) in [5, 5.41) is 10.7. The molecule has 0 aliphatic rings. The molecule has 0 radical (unpaired) electrons. The van der Waals surface area contributed by atoms with Crippen molar-refractivity contribution < 1.29 is 14.6 Å². The van der Waals surface area contributed by atoms with Crippen molar-refractivity contribution in [3.63, 3.8) is 0 Å². The Hall–Kier alpha value is -3.15. The van der Waals surface area contributed by atoms with E-state index in [0.29, 0.717) is 24.1 Å². The zero-order valence-electron chi connectivity index (χ0n) is 13.2. The average molecular weight is 323 g/mol. The van der Waals surface area contributed by atoms with E-state index >= 15 is 0 Å². The van der Waals surface area contributed by atoms with E-state index in [4.69, 9.17) is 10.5 Å². The molecule has 0 aliphatic carbocycles. The molecule has 3 aromatic rings. The second kappa shape index (κ2) is 6.54. The monoisotopic (exact) mass is 323 g/mol. The van der Waals surface area contributed by atoms with Crippen LogP contribution in [0.4, 0.5) is 0 Å². The van der Waals surface area contributed by atoms with Crippen molar-refractivity contribution in [3.8, 4) is 22.8 Å². The second-order valence-corrected chi connectivity index (χ2v) is 5.43. The summed E-state index contributed by atoms with van der Waals surface area (Å²) in [7, 11) is 1.50. The van der Waals surface area contributed by atoms with E-state index in [0.717, 1.165) is 22.2 Å². The minimum absolute atomic E-state index is 0.0384. The smallest absolute Gasteiger partial charge is 0.217 e. The van der Waals surface area contributed by atoms with Crippen LogP contribution in [0, 0.1) is 0 Å². The van der Waals surface area contributed by atoms with Gasteiger partial charge in [0.25, 0.3) is 0 Å². The highest BCUT2D eigenvalue weighted by Crippen LogP contribution is 2.34. The fraction of sp³-hybridized carbons (Fsp3) is 0.167. The molecule has 122 valence electrons. The molecule has 0 unspecified atom stereocenters. The number of nitrogens with zero attached hydrogens (tertiary/aromatic N) is 2. The molecule has 0 saturated heterocycles. The van der Waals surface area contributed by atoms with Crippen LogP contribution in [0.15, 0.2) is 42.7 Å². The molecule has 6 heteroatoms. The maximum absolute atomic E-state index is 10.9. The minimum Gasteiger partial charge on any atom is -0.504 e. The van der Waals surface area contributed by atoms with Crippen molar-refractivity contribution in [2.45, 2.75) is 12.8 Å². The number of hydrogen-bond donors (Lipinski definition) is 2. The zero-order chi connectivity index (χ0) is 17.1. The summed E-state index contributed by atoms with van der Waals surface area (Å²) >= 11 is 0. The number of carbonyl (C=O) groups is 1. The Morgan fingerprint density at radius 2 is 1.96 bits per heavy atom. The Morgan fingerprint density at radius 3 is 2.62 bits per heavy atom. The predicted molar refractivity (Wildman–Crippen MR) is 90.7 cm³/mol. The number of phenolic OH excluding ortho intramolecular Hbond substituents is 1. The number of primary amides is 1. The van der Waals surface area contributed by atoms with E-state index in [1.54, 1.807) is 12.1 Å². The summed E-state index contributed by atoms with van der Waals surface area (Å²) in [4.78, 5) is 19.4. The minimum atomic E-state index is -0.312. The molecule has 2 aromatic carbocycles. The lowest BCUT2D eigenvalue weighted by Gasteiger charge is -2.09. The molecule has 24 heavy (non-hydrogen) atoms. The third kappa shape index (κ3) is 3.12. The lowest BCUT2D eigenvalue weighted by molar-refractivity contribution is -0.117. The van der Waals surface area contributed by atoms with Crippen LogP contribution in [0.3, 0.4) is 0 Å². The van der Waals surface area contributed by atoms with Gasteiger partial charge in [-0.1, -0.05) is 24.3 Å². The normalized spacial score (nSPS) is 10.7. The first-order valence-electron chi connectivity index (χ1n) is 7.48. The van der Waals surface area contributed by atoms with Crippen LogP contribution in [0.2, 0.25) is 0 Å². The molecule has 1 aromatic heterocycles. The Balaban J connectivity index is 2.01. The molecule has 0 bridgehead atoms. The SMILES string of the molecule is COc1cc2c(-c3ccc(CCC(N)=O)cc3)ncnc2cc1O. The van der Waals surface area contributed by atoms with Gasteiger partial charge in [0, 0.05) is 23.4 Å². The van der Waals surface area contributed by atoms with Gasteiger partial charge in [0.1, 0.15) is 6.33 Å². The third-order valence-corrected chi connectivity index (χ3v) is 3.82. The van der Waals surface area contributed by atoms with Crippen molar-refractivity contribution in [1.82, 2.24) is 9.97 Å². The number of amides is 1. The standard InChI is InChI=1S/C18H17N3O3/c1-24-16-8-13-14(9-15(16)22)20-10-21-18(13)12-5-2-11(3-6-12)4-7-17(19)23/h2-3,5-6,8-10,22H,4,7H2,1H3,(H2,19,23).